The van der Waals surface area contributed by atoms with Gasteiger partial charge in [0.1, 0.15) is 5.82 Å². The molecule has 70 valence electrons. The molecule has 0 fully saturated rings. The average Bonchev–Trinajstić information content (AvgIpc) is 2.15. The monoisotopic (exact) mass is 181 g/mol. The molecule has 0 bridgehead atoms. The maximum absolute atomic E-state index is 10.4. The van der Waals surface area contributed by atoms with E-state index < -0.39 is 5.97 Å². The first-order valence-corrected chi connectivity index (χ1v) is 4.03. The minimum atomic E-state index is -1.06. The fourth-order valence-corrected chi connectivity index (χ4v) is 0.783. The van der Waals surface area contributed by atoms with Gasteiger partial charge in [0.25, 0.3) is 0 Å². The predicted molar refractivity (Wildman–Crippen MR) is 47.8 cm³/mol. The molecule has 0 atom stereocenters. The van der Waals surface area contributed by atoms with Crippen LogP contribution in [-0.4, -0.2) is 27.6 Å². The third-order valence-electron chi connectivity index (χ3n) is 1.43. The number of hydrogen-bond donors (Lipinski definition) is 2. The van der Waals surface area contributed by atoms with Gasteiger partial charge in [-0.15, -0.1) is 0 Å². The molecule has 1 heterocycles. The lowest BCUT2D eigenvalue weighted by atomic mass is 10.4. The Labute approximate surface area is 75.8 Å². The number of carboxylic acid groups (broad SMARTS) is 1. The molecule has 0 spiro atoms. The minimum absolute atomic E-state index is 0.0398. The second-order valence-corrected chi connectivity index (χ2v) is 2.52. The van der Waals surface area contributed by atoms with Crippen LogP contribution in [0.5, 0.6) is 0 Å². The van der Waals surface area contributed by atoms with Crippen LogP contribution in [0.15, 0.2) is 12.4 Å². The average molecular weight is 181 g/mol. The Balaban J connectivity index is 2.64. The number of anilines is 1. The van der Waals surface area contributed by atoms with Gasteiger partial charge in [-0.2, -0.15) is 0 Å². The van der Waals surface area contributed by atoms with Gasteiger partial charge in [-0.25, -0.2) is 14.8 Å². The lowest BCUT2D eigenvalue weighted by molar-refractivity contribution is 0.0690. The Kier molecular flexibility index (Phi) is 3.19. The number of aromatic carboxylic acids is 1. The third-order valence-corrected chi connectivity index (χ3v) is 1.43. The van der Waals surface area contributed by atoms with Crippen LogP contribution in [0.25, 0.3) is 0 Å². The first-order chi connectivity index (χ1) is 6.24. The Bertz CT molecular complexity index is 284. The van der Waals surface area contributed by atoms with E-state index in [1.54, 1.807) is 0 Å². The number of rotatable bonds is 4. The van der Waals surface area contributed by atoms with Crippen molar-refractivity contribution < 1.29 is 9.90 Å². The van der Waals surface area contributed by atoms with Crippen LogP contribution < -0.4 is 5.32 Å². The second kappa shape index (κ2) is 4.39. The van der Waals surface area contributed by atoms with Crippen molar-refractivity contribution in [2.24, 2.45) is 0 Å². The molecule has 5 heteroatoms. The van der Waals surface area contributed by atoms with Crippen LogP contribution >= 0.6 is 0 Å². The maximum Gasteiger partial charge on any atom is 0.356 e. The summed E-state index contributed by atoms with van der Waals surface area (Å²) in [6.07, 6.45) is 3.64. The summed E-state index contributed by atoms with van der Waals surface area (Å²) in [7, 11) is 0. The molecule has 0 saturated carbocycles. The SMILES string of the molecule is CCCNc1cnc(C(=O)O)cn1. The number of aromatic nitrogens is 2. The van der Waals surface area contributed by atoms with Crippen molar-refractivity contribution in [2.75, 3.05) is 11.9 Å². The molecule has 0 amide bonds. The lowest BCUT2D eigenvalue weighted by Gasteiger charge is -2.01. The van der Waals surface area contributed by atoms with E-state index in [-0.39, 0.29) is 5.69 Å². The topological polar surface area (TPSA) is 75.1 Å². The van der Waals surface area contributed by atoms with Crippen LogP contribution in [0.2, 0.25) is 0 Å². The highest BCUT2D eigenvalue weighted by Gasteiger charge is 2.03. The number of hydrogen-bond acceptors (Lipinski definition) is 4. The predicted octanol–water partition coefficient (Wildman–Crippen LogP) is 0.997. The quantitative estimate of drug-likeness (QED) is 0.724. The van der Waals surface area contributed by atoms with E-state index in [1.807, 2.05) is 6.92 Å². The minimum Gasteiger partial charge on any atom is -0.476 e. The number of carboxylic acids is 1. The lowest BCUT2D eigenvalue weighted by Crippen LogP contribution is -2.05. The summed E-state index contributed by atoms with van der Waals surface area (Å²) in [5.41, 5.74) is -0.0398. The second-order valence-electron chi connectivity index (χ2n) is 2.52. The van der Waals surface area contributed by atoms with Crippen LogP contribution in [0.4, 0.5) is 5.82 Å². The van der Waals surface area contributed by atoms with Crippen molar-refractivity contribution in [1.82, 2.24) is 9.97 Å². The largest absolute Gasteiger partial charge is 0.476 e. The summed E-state index contributed by atoms with van der Waals surface area (Å²) in [6.45, 7) is 2.84. The first-order valence-electron chi connectivity index (χ1n) is 4.03. The summed E-state index contributed by atoms with van der Waals surface area (Å²) >= 11 is 0. The fourth-order valence-electron chi connectivity index (χ4n) is 0.783. The van der Waals surface area contributed by atoms with Crippen LogP contribution in [0, 0.1) is 0 Å². The molecule has 0 unspecified atom stereocenters. The van der Waals surface area contributed by atoms with Gasteiger partial charge < -0.3 is 10.4 Å². The Morgan fingerprint density at radius 2 is 2.31 bits per heavy atom. The molecule has 0 radical (unpaired) electrons. The van der Waals surface area contributed by atoms with Crippen LogP contribution in [0.1, 0.15) is 23.8 Å². The number of carbonyl (C=O) groups is 1. The van der Waals surface area contributed by atoms with Gasteiger partial charge in [0, 0.05) is 6.54 Å². The van der Waals surface area contributed by atoms with Crippen molar-refractivity contribution in [3.05, 3.63) is 18.1 Å². The van der Waals surface area contributed by atoms with E-state index in [2.05, 4.69) is 15.3 Å². The molecular formula is C8H11N3O2. The molecule has 0 aliphatic heterocycles. The van der Waals surface area contributed by atoms with Gasteiger partial charge in [-0.3, -0.25) is 0 Å². The van der Waals surface area contributed by atoms with Crippen molar-refractivity contribution >= 4 is 11.8 Å². The van der Waals surface area contributed by atoms with Crippen molar-refractivity contribution in [3.63, 3.8) is 0 Å². The molecule has 0 saturated heterocycles. The molecule has 1 aromatic rings. The van der Waals surface area contributed by atoms with Crippen molar-refractivity contribution in [2.45, 2.75) is 13.3 Å². The van der Waals surface area contributed by atoms with E-state index in [1.165, 1.54) is 12.4 Å². The van der Waals surface area contributed by atoms with Gasteiger partial charge >= 0.3 is 5.97 Å². The smallest absolute Gasteiger partial charge is 0.356 e. The van der Waals surface area contributed by atoms with Gasteiger partial charge in [-0.1, -0.05) is 6.92 Å². The zero-order chi connectivity index (χ0) is 9.68. The van der Waals surface area contributed by atoms with E-state index in [0.717, 1.165) is 13.0 Å². The summed E-state index contributed by atoms with van der Waals surface area (Å²) in [4.78, 5) is 18.0. The van der Waals surface area contributed by atoms with Crippen LogP contribution in [-0.2, 0) is 0 Å². The van der Waals surface area contributed by atoms with Gasteiger partial charge in [0.2, 0.25) is 0 Å². The molecule has 1 rings (SSSR count). The molecule has 1 aromatic heterocycles. The molecule has 0 aromatic carbocycles. The van der Waals surface area contributed by atoms with E-state index >= 15 is 0 Å². The highest BCUT2D eigenvalue weighted by atomic mass is 16.4. The Hall–Kier alpha value is -1.65. The molecule has 0 aliphatic rings. The summed E-state index contributed by atoms with van der Waals surface area (Å²) in [5.74, 6) is -0.457. The highest BCUT2D eigenvalue weighted by Crippen LogP contribution is 2.00. The van der Waals surface area contributed by atoms with Crippen molar-refractivity contribution in [3.8, 4) is 0 Å². The zero-order valence-corrected chi connectivity index (χ0v) is 7.32. The molecule has 0 aliphatic carbocycles. The summed E-state index contributed by atoms with van der Waals surface area (Å²) < 4.78 is 0. The Morgan fingerprint density at radius 3 is 2.77 bits per heavy atom. The van der Waals surface area contributed by atoms with E-state index in [9.17, 15) is 4.79 Å². The number of nitrogens with one attached hydrogen (secondary N) is 1. The summed E-state index contributed by atoms with van der Waals surface area (Å²) in [5, 5.41) is 11.5. The van der Waals surface area contributed by atoms with E-state index in [0.29, 0.717) is 5.82 Å². The van der Waals surface area contributed by atoms with Crippen molar-refractivity contribution in [1.29, 1.82) is 0 Å². The standard InChI is InChI=1S/C8H11N3O2/c1-2-3-9-7-5-10-6(4-11-7)8(12)13/h4-5H,2-3H2,1H3,(H,9,11)(H,12,13). The highest BCUT2D eigenvalue weighted by molar-refractivity contribution is 5.84. The molecule has 13 heavy (non-hydrogen) atoms. The van der Waals surface area contributed by atoms with Gasteiger partial charge in [0.15, 0.2) is 5.69 Å². The third kappa shape index (κ3) is 2.70. The molecule has 2 N–H and O–H groups in total. The van der Waals surface area contributed by atoms with E-state index in [4.69, 9.17) is 5.11 Å². The maximum atomic E-state index is 10.4. The summed E-state index contributed by atoms with van der Waals surface area (Å²) in [6, 6.07) is 0. The Morgan fingerprint density at radius 1 is 1.54 bits per heavy atom. The number of nitrogens with zero attached hydrogens (tertiary/aromatic N) is 2. The molecule has 5 nitrogen and oxygen atoms in total. The van der Waals surface area contributed by atoms with Gasteiger partial charge in [-0.05, 0) is 6.42 Å². The fraction of sp³-hybridized carbons (Fsp3) is 0.375. The normalized spacial score (nSPS) is 9.62. The molecular weight excluding hydrogens is 170 g/mol. The van der Waals surface area contributed by atoms with Crippen LogP contribution in [0.3, 0.4) is 0 Å². The van der Waals surface area contributed by atoms with Gasteiger partial charge in [0.05, 0.1) is 12.4 Å². The zero-order valence-electron chi connectivity index (χ0n) is 7.32. The first kappa shape index (κ1) is 9.44.